The van der Waals surface area contributed by atoms with Gasteiger partial charge in [0.1, 0.15) is 0 Å². The molecule has 0 saturated carbocycles. The molecule has 0 amide bonds. The number of fused-ring (bicyclic) bond motifs is 1. The minimum Gasteiger partial charge on any atom is -0.461 e. The van der Waals surface area contributed by atoms with Crippen LogP contribution in [0.3, 0.4) is 0 Å². The maximum Gasteiger partial charge on any atom is 0.254 e. The van der Waals surface area contributed by atoms with E-state index in [1.165, 1.54) is 16.7 Å². The second-order valence-electron chi connectivity index (χ2n) is 6.64. The molecule has 4 rings (SSSR count). The van der Waals surface area contributed by atoms with Crippen molar-refractivity contribution in [2.45, 2.75) is 33.4 Å². The third-order valence-electron chi connectivity index (χ3n) is 5.02. The molecule has 0 unspecified atom stereocenters. The Labute approximate surface area is 146 Å². The van der Waals surface area contributed by atoms with Crippen LogP contribution >= 0.6 is 0 Å². The molecular formula is C20H21N3O2. The molecule has 3 aromatic rings. The Balaban J connectivity index is 1.62. The van der Waals surface area contributed by atoms with E-state index >= 15 is 0 Å². The molecule has 0 bridgehead atoms. The summed E-state index contributed by atoms with van der Waals surface area (Å²) < 4.78 is 5.37. The van der Waals surface area contributed by atoms with Crippen LogP contribution in [-0.4, -0.2) is 21.4 Å². The van der Waals surface area contributed by atoms with Crippen molar-refractivity contribution in [2.75, 3.05) is 6.54 Å². The van der Waals surface area contributed by atoms with E-state index in [0.29, 0.717) is 18.1 Å². The molecule has 0 spiro atoms. The van der Waals surface area contributed by atoms with Gasteiger partial charge in [-0.05, 0) is 49.1 Å². The number of aryl methyl sites for hydroxylation is 1. The van der Waals surface area contributed by atoms with Gasteiger partial charge in [-0.1, -0.05) is 18.2 Å². The number of benzene rings is 1. The summed E-state index contributed by atoms with van der Waals surface area (Å²) >= 11 is 0. The van der Waals surface area contributed by atoms with E-state index in [0.717, 1.165) is 30.8 Å². The fraction of sp³-hybridized carbons (Fsp3) is 0.300. The smallest absolute Gasteiger partial charge is 0.254 e. The van der Waals surface area contributed by atoms with Crippen LogP contribution in [-0.2, 0) is 19.5 Å². The van der Waals surface area contributed by atoms with Crippen LogP contribution in [0.25, 0.3) is 11.6 Å². The van der Waals surface area contributed by atoms with Gasteiger partial charge < -0.3 is 9.40 Å². The van der Waals surface area contributed by atoms with Crippen LogP contribution in [0.2, 0.25) is 0 Å². The van der Waals surface area contributed by atoms with Gasteiger partial charge in [0, 0.05) is 25.2 Å². The molecule has 1 aliphatic heterocycles. The maximum absolute atomic E-state index is 12.4. The van der Waals surface area contributed by atoms with Crippen molar-refractivity contribution in [1.82, 2.24) is 14.9 Å². The van der Waals surface area contributed by atoms with Gasteiger partial charge in [-0.2, -0.15) is 0 Å². The number of aromatic amines is 1. The van der Waals surface area contributed by atoms with Crippen molar-refractivity contribution in [3.63, 3.8) is 0 Å². The van der Waals surface area contributed by atoms with Crippen LogP contribution in [0.4, 0.5) is 0 Å². The second-order valence-corrected chi connectivity index (χ2v) is 6.64. The number of rotatable bonds is 3. The third-order valence-corrected chi connectivity index (χ3v) is 5.02. The summed E-state index contributed by atoms with van der Waals surface area (Å²) in [6.45, 7) is 6.73. The van der Waals surface area contributed by atoms with Crippen molar-refractivity contribution < 1.29 is 4.42 Å². The Kier molecular flexibility index (Phi) is 4.01. The first-order valence-corrected chi connectivity index (χ1v) is 8.55. The number of aromatic nitrogens is 2. The molecule has 3 heterocycles. The standard InChI is InChI=1S/C20H21N3O2/c1-13-5-3-6-15(14(13)2)11-23-9-8-16-17(12-23)21-19(22-20(16)24)18-7-4-10-25-18/h3-7,10H,8-9,11-12H2,1-2H3,(H,21,22,24). The zero-order valence-electron chi connectivity index (χ0n) is 14.5. The van der Waals surface area contributed by atoms with Gasteiger partial charge >= 0.3 is 0 Å². The number of hydrogen-bond acceptors (Lipinski definition) is 4. The normalized spacial score (nSPS) is 14.5. The first-order valence-electron chi connectivity index (χ1n) is 8.55. The lowest BCUT2D eigenvalue weighted by Crippen LogP contribution is -2.35. The monoisotopic (exact) mass is 335 g/mol. The van der Waals surface area contributed by atoms with Crippen molar-refractivity contribution in [3.05, 3.63) is 74.9 Å². The van der Waals surface area contributed by atoms with Gasteiger partial charge in [0.05, 0.1) is 12.0 Å². The largest absolute Gasteiger partial charge is 0.461 e. The van der Waals surface area contributed by atoms with Gasteiger partial charge in [-0.3, -0.25) is 9.69 Å². The molecule has 2 aromatic heterocycles. The topological polar surface area (TPSA) is 62.1 Å². The second kappa shape index (κ2) is 6.33. The van der Waals surface area contributed by atoms with E-state index < -0.39 is 0 Å². The quantitative estimate of drug-likeness (QED) is 0.798. The van der Waals surface area contributed by atoms with Crippen LogP contribution in [0.5, 0.6) is 0 Å². The predicted molar refractivity (Wildman–Crippen MR) is 96.3 cm³/mol. The molecule has 0 aliphatic carbocycles. The summed E-state index contributed by atoms with van der Waals surface area (Å²) in [5.74, 6) is 1.09. The molecule has 0 saturated heterocycles. The van der Waals surface area contributed by atoms with E-state index in [9.17, 15) is 4.79 Å². The van der Waals surface area contributed by atoms with E-state index in [1.54, 1.807) is 18.4 Å². The number of H-pyrrole nitrogens is 1. The summed E-state index contributed by atoms with van der Waals surface area (Å²) in [5, 5.41) is 0. The lowest BCUT2D eigenvalue weighted by molar-refractivity contribution is 0.240. The Hall–Kier alpha value is -2.66. The highest BCUT2D eigenvalue weighted by Gasteiger charge is 2.22. The molecule has 0 radical (unpaired) electrons. The highest BCUT2D eigenvalue weighted by atomic mass is 16.3. The third kappa shape index (κ3) is 3.03. The first kappa shape index (κ1) is 15.8. The van der Waals surface area contributed by atoms with Crippen LogP contribution in [0.1, 0.15) is 27.9 Å². The molecule has 25 heavy (non-hydrogen) atoms. The lowest BCUT2D eigenvalue weighted by atomic mass is 10.0. The van der Waals surface area contributed by atoms with Crippen molar-refractivity contribution >= 4 is 0 Å². The minimum absolute atomic E-state index is 0.0530. The van der Waals surface area contributed by atoms with E-state index in [-0.39, 0.29) is 5.56 Å². The minimum atomic E-state index is -0.0530. The summed E-state index contributed by atoms with van der Waals surface area (Å²) in [5.41, 5.74) is 5.58. The Morgan fingerprint density at radius 1 is 1.24 bits per heavy atom. The Morgan fingerprint density at radius 2 is 2.12 bits per heavy atom. The molecule has 1 N–H and O–H groups in total. The van der Waals surface area contributed by atoms with Gasteiger partial charge in [-0.25, -0.2) is 4.98 Å². The molecule has 1 aromatic carbocycles. The first-order chi connectivity index (χ1) is 12.1. The maximum atomic E-state index is 12.4. The summed E-state index contributed by atoms with van der Waals surface area (Å²) in [4.78, 5) is 22.2. The fourth-order valence-electron chi connectivity index (χ4n) is 3.38. The SMILES string of the molecule is Cc1cccc(CN2CCc3c(nc(-c4ccco4)[nH]c3=O)C2)c1C. The van der Waals surface area contributed by atoms with Gasteiger partial charge in [0.2, 0.25) is 0 Å². The number of furan rings is 1. The molecule has 1 aliphatic rings. The zero-order chi connectivity index (χ0) is 17.4. The van der Waals surface area contributed by atoms with Gasteiger partial charge in [-0.15, -0.1) is 0 Å². The van der Waals surface area contributed by atoms with Crippen LogP contribution in [0, 0.1) is 13.8 Å². The average molecular weight is 335 g/mol. The van der Waals surface area contributed by atoms with Crippen molar-refractivity contribution in [2.24, 2.45) is 0 Å². The van der Waals surface area contributed by atoms with Crippen LogP contribution in [0.15, 0.2) is 45.8 Å². The highest BCUT2D eigenvalue weighted by Crippen LogP contribution is 2.22. The molecule has 5 nitrogen and oxygen atoms in total. The van der Waals surface area contributed by atoms with E-state index in [1.807, 2.05) is 0 Å². The van der Waals surface area contributed by atoms with E-state index in [4.69, 9.17) is 4.42 Å². The lowest BCUT2D eigenvalue weighted by Gasteiger charge is -2.28. The Bertz CT molecular complexity index is 958. The van der Waals surface area contributed by atoms with Crippen molar-refractivity contribution in [1.29, 1.82) is 0 Å². The summed E-state index contributed by atoms with van der Waals surface area (Å²) in [7, 11) is 0. The molecule has 0 fully saturated rings. The fourth-order valence-corrected chi connectivity index (χ4v) is 3.38. The summed E-state index contributed by atoms with van der Waals surface area (Å²) in [6, 6.07) is 10.0. The number of nitrogens with one attached hydrogen (secondary N) is 1. The van der Waals surface area contributed by atoms with Gasteiger partial charge in [0.25, 0.3) is 5.56 Å². The number of hydrogen-bond donors (Lipinski definition) is 1. The summed E-state index contributed by atoms with van der Waals surface area (Å²) in [6.07, 6.45) is 2.31. The molecule has 5 heteroatoms. The predicted octanol–water partition coefficient (Wildman–Crippen LogP) is 3.21. The zero-order valence-corrected chi connectivity index (χ0v) is 14.5. The van der Waals surface area contributed by atoms with E-state index in [2.05, 4.69) is 46.9 Å². The number of nitrogens with zero attached hydrogens (tertiary/aromatic N) is 2. The molecule has 128 valence electrons. The molecule has 0 atom stereocenters. The average Bonchev–Trinajstić information content (AvgIpc) is 3.13. The molecular weight excluding hydrogens is 314 g/mol. The van der Waals surface area contributed by atoms with Crippen LogP contribution < -0.4 is 5.56 Å². The van der Waals surface area contributed by atoms with Gasteiger partial charge in [0.15, 0.2) is 11.6 Å². The van der Waals surface area contributed by atoms with Crippen molar-refractivity contribution in [3.8, 4) is 11.6 Å². The Morgan fingerprint density at radius 3 is 2.92 bits per heavy atom. The highest BCUT2D eigenvalue weighted by molar-refractivity contribution is 5.47.